The lowest BCUT2D eigenvalue weighted by molar-refractivity contribution is -0.128. The zero-order chi connectivity index (χ0) is 29.4. The summed E-state index contributed by atoms with van der Waals surface area (Å²) in [6, 6.07) is 19.5. The fourth-order valence-corrected chi connectivity index (χ4v) is 6.40. The summed E-state index contributed by atoms with van der Waals surface area (Å²) in [5, 5.41) is 3.18. The van der Waals surface area contributed by atoms with Crippen LogP contribution in [0.2, 0.25) is 0 Å². The van der Waals surface area contributed by atoms with Gasteiger partial charge in [0.25, 0.3) is 10.0 Å². The molecule has 4 N–H and O–H groups in total. The van der Waals surface area contributed by atoms with Crippen LogP contribution in [0.5, 0.6) is 11.5 Å². The van der Waals surface area contributed by atoms with Crippen molar-refractivity contribution in [2.75, 3.05) is 37.3 Å². The van der Waals surface area contributed by atoms with Crippen LogP contribution < -0.4 is 25.2 Å². The fraction of sp³-hybridized carbons (Fsp3) is 0.300. The maximum Gasteiger partial charge on any atom is 0.263 e. The molecule has 2 heterocycles. The van der Waals surface area contributed by atoms with Gasteiger partial charge < -0.3 is 20.5 Å². The molecule has 42 heavy (non-hydrogen) atoms. The molecule has 4 aromatic rings. The van der Waals surface area contributed by atoms with Gasteiger partial charge in [0.05, 0.1) is 36.1 Å². The third-order valence-electron chi connectivity index (χ3n) is 7.70. The van der Waals surface area contributed by atoms with Crippen molar-refractivity contribution in [1.82, 2.24) is 14.9 Å². The van der Waals surface area contributed by atoms with E-state index in [1.165, 1.54) is 0 Å². The van der Waals surface area contributed by atoms with Gasteiger partial charge in [0.1, 0.15) is 11.5 Å². The number of amides is 1. The van der Waals surface area contributed by atoms with Crippen molar-refractivity contribution >= 4 is 44.3 Å². The molecule has 0 spiro atoms. The van der Waals surface area contributed by atoms with Crippen LogP contribution in [0.1, 0.15) is 24.4 Å². The number of hydrogen-bond donors (Lipinski definition) is 3. The molecule has 6 rings (SSSR count). The molecule has 1 aromatic heterocycles. The second kappa shape index (κ2) is 11.1. The van der Waals surface area contributed by atoms with Crippen LogP contribution in [0.4, 0.5) is 17.3 Å². The number of ether oxygens (including phenoxy) is 2. The van der Waals surface area contributed by atoms with Crippen LogP contribution in [0.25, 0.3) is 11.0 Å². The molecule has 2 aliphatic rings. The topological polar surface area (TPSA) is 149 Å². The van der Waals surface area contributed by atoms with Gasteiger partial charge in [-0.25, -0.2) is 18.4 Å². The van der Waals surface area contributed by atoms with Crippen LogP contribution in [-0.4, -0.2) is 56.5 Å². The Morgan fingerprint density at radius 1 is 0.929 bits per heavy atom. The average Bonchev–Trinajstić information content (AvgIpc) is 3.79. The van der Waals surface area contributed by atoms with Crippen LogP contribution in [-0.2, 0) is 14.8 Å². The van der Waals surface area contributed by atoms with Crippen molar-refractivity contribution < 1.29 is 22.7 Å². The predicted molar refractivity (Wildman–Crippen MR) is 159 cm³/mol. The summed E-state index contributed by atoms with van der Waals surface area (Å²) >= 11 is 0. The Morgan fingerprint density at radius 2 is 1.57 bits per heavy atom. The highest BCUT2D eigenvalue weighted by Crippen LogP contribution is 2.47. The molecule has 1 saturated heterocycles. The number of carbonyl (C=O) groups is 1. The molecule has 3 aromatic carbocycles. The summed E-state index contributed by atoms with van der Waals surface area (Å²) in [5.74, 6) is 1.34. The molecule has 12 heteroatoms. The molecule has 2 fully saturated rings. The number of hydrogen-bond acceptors (Lipinski definition) is 9. The first-order valence-electron chi connectivity index (χ1n) is 13.7. The van der Waals surface area contributed by atoms with E-state index in [1.54, 1.807) is 62.8 Å². The number of likely N-dealkylation sites (tertiary alicyclic amines) is 1. The second-order valence-corrected chi connectivity index (χ2v) is 12.3. The Labute approximate surface area is 244 Å². The predicted octanol–water partition coefficient (Wildman–Crippen LogP) is 4.06. The summed E-state index contributed by atoms with van der Waals surface area (Å²) in [6.07, 6.45) is 2.13. The number of carbonyl (C=O) groups excluding carboxylic acids is 1. The van der Waals surface area contributed by atoms with Gasteiger partial charge in [0, 0.05) is 43.0 Å². The molecule has 1 aliphatic heterocycles. The molecule has 218 valence electrons. The zero-order valence-corrected chi connectivity index (χ0v) is 24.1. The maximum atomic E-state index is 13.8. The minimum Gasteiger partial charge on any atom is -0.497 e. The first-order valence-corrected chi connectivity index (χ1v) is 15.2. The van der Waals surface area contributed by atoms with Crippen LogP contribution in [0.3, 0.4) is 0 Å². The van der Waals surface area contributed by atoms with Crippen molar-refractivity contribution in [1.29, 1.82) is 0 Å². The van der Waals surface area contributed by atoms with E-state index in [0.717, 1.165) is 18.4 Å². The van der Waals surface area contributed by atoms with E-state index < -0.39 is 10.0 Å². The van der Waals surface area contributed by atoms with E-state index in [9.17, 15) is 13.2 Å². The van der Waals surface area contributed by atoms with Gasteiger partial charge in [-0.05, 0) is 48.6 Å². The Kier molecular flexibility index (Phi) is 7.33. The van der Waals surface area contributed by atoms with Crippen molar-refractivity contribution in [3.63, 3.8) is 0 Å². The summed E-state index contributed by atoms with van der Waals surface area (Å²) in [4.78, 5) is 23.2. The first kappa shape index (κ1) is 27.7. The highest BCUT2D eigenvalue weighted by Gasteiger charge is 2.43. The lowest BCUT2D eigenvalue weighted by Crippen LogP contribution is -2.54. The second-order valence-electron chi connectivity index (χ2n) is 10.6. The number of aromatic nitrogens is 2. The van der Waals surface area contributed by atoms with E-state index in [1.807, 2.05) is 18.2 Å². The van der Waals surface area contributed by atoms with Crippen molar-refractivity contribution in [3.8, 4) is 11.5 Å². The van der Waals surface area contributed by atoms with E-state index in [-0.39, 0.29) is 34.4 Å². The van der Waals surface area contributed by atoms with Gasteiger partial charge in [-0.3, -0.25) is 14.4 Å². The SMILES string of the molecule is COc1cc(Nc2nc3ccccc3nc2NS(=O)(=O)c2cccc(C(C3CC3)N3CC(C(N)=O)C3)c2)cc(OC)c1. The standard InChI is InChI=1S/C30H32N6O5S/c1-40-22-13-21(14-23(15-22)41-2)32-29-30(34-26-9-4-3-8-25(26)33-29)35-42(38,39)24-7-5-6-19(12-24)27(18-10-11-18)36-16-20(17-36)28(31)37/h3-9,12-15,18,20,27H,10-11,16-17H2,1-2H3,(H2,31,37)(H,32,33)(H,34,35). The largest absolute Gasteiger partial charge is 0.497 e. The van der Waals surface area contributed by atoms with E-state index >= 15 is 0 Å². The lowest BCUT2D eigenvalue weighted by atomic mass is 9.91. The van der Waals surface area contributed by atoms with E-state index in [4.69, 9.17) is 15.2 Å². The Bertz CT molecular complexity index is 1730. The van der Waals surface area contributed by atoms with Gasteiger partial charge in [-0.15, -0.1) is 0 Å². The Hall–Kier alpha value is -4.42. The molecule has 1 unspecified atom stereocenters. The monoisotopic (exact) mass is 588 g/mol. The Balaban J connectivity index is 1.32. The van der Waals surface area contributed by atoms with E-state index in [0.29, 0.717) is 47.2 Å². The minimum atomic E-state index is -4.06. The van der Waals surface area contributed by atoms with Crippen molar-refractivity contribution in [2.45, 2.75) is 23.8 Å². The molecular formula is C30H32N6O5S. The number of primary amides is 1. The molecule has 11 nitrogen and oxygen atoms in total. The molecule has 1 saturated carbocycles. The molecule has 1 aliphatic carbocycles. The summed E-state index contributed by atoms with van der Waals surface area (Å²) < 4.78 is 41.0. The van der Waals surface area contributed by atoms with Gasteiger partial charge in [-0.2, -0.15) is 0 Å². The number of sulfonamides is 1. The van der Waals surface area contributed by atoms with Crippen LogP contribution in [0, 0.1) is 11.8 Å². The van der Waals surface area contributed by atoms with Crippen molar-refractivity contribution in [3.05, 3.63) is 72.3 Å². The summed E-state index contributed by atoms with van der Waals surface area (Å²) in [7, 11) is -0.958. The van der Waals surface area contributed by atoms with Crippen molar-refractivity contribution in [2.24, 2.45) is 17.6 Å². The number of para-hydroxylation sites is 2. The number of methoxy groups -OCH3 is 2. The maximum absolute atomic E-state index is 13.8. The van der Waals surface area contributed by atoms with Crippen LogP contribution in [0.15, 0.2) is 71.6 Å². The number of rotatable bonds is 11. The van der Waals surface area contributed by atoms with Gasteiger partial charge in [-0.1, -0.05) is 24.3 Å². The molecular weight excluding hydrogens is 556 g/mol. The third kappa shape index (κ3) is 5.68. The fourth-order valence-electron chi connectivity index (χ4n) is 5.34. The number of anilines is 3. The highest BCUT2D eigenvalue weighted by atomic mass is 32.2. The molecule has 1 atom stereocenters. The van der Waals surface area contributed by atoms with E-state index in [2.05, 4.69) is 24.9 Å². The number of benzene rings is 3. The zero-order valence-electron chi connectivity index (χ0n) is 23.3. The summed E-state index contributed by atoms with van der Waals surface area (Å²) in [6.45, 7) is 1.17. The number of nitrogens with zero attached hydrogens (tertiary/aromatic N) is 3. The third-order valence-corrected chi connectivity index (χ3v) is 9.04. The molecule has 0 bridgehead atoms. The van der Waals surface area contributed by atoms with Gasteiger partial charge in [0.15, 0.2) is 11.6 Å². The van der Waals surface area contributed by atoms with Gasteiger partial charge >= 0.3 is 0 Å². The lowest BCUT2D eigenvalue weighted by Gasteiger charge is -2.43. The Morgan fingerprint density at radius 3 is 2.17 bits per heavy atom. The highest BCUT2D eigenvalue weighted by molar-refractivity contribution is 7.92. The smallest absolute Gasteiger partial charge is 0.263 e. The normalized spacial score (nSPS) is 16.4. The number of fused-ring (bicyclic) bond motifs is 1. The minimum absolute atomic E-state index is 0.0384. The molecule has 0 radical (unpaired) electrons. The number of nitrogens with two attached hydrogens (primary N) is 1. The number of nitrogens with one attached hydrogen (secondary N) is 2. The van der Waals surface area contributed by atoms with Crippen LogP contribution >= 0.6 is 0 Å². The first-order chi connectivity index (χ1) is 20.2. The molecule has 1 amide bonds. The average molecular weight is 589 g/mol. The summed E-state index contributed by atoms with van der Waals surface area (Å²) in [5.41, 5.74) is 8.09. The quantitative estimate of drug-likeness (QED) is 0.236. The van der Waals surface area contributed by atoms with Gasteiger partial charge in [0.2, 0.25) is 5.91 Å².